The van der Waals surface area contributed by atoms with Gasteiger partial charge < -0.3 is 44.2 Å². The van der Waals surface area contributed by atoms with Gasteiger partial charge in [-0.25, -0.2) is 18.0 Å². The van der Waals surface area contributed by atoms with Gasteiger partial charge in [-0.05, 0) is 48.8 Å². The second-order valence-electron chi connectivity index (χ2n) is 13.0. The summed E-state index contributed by atoms with van der Waals surface area (Å²) in [6.45, 7) is 4.45. The lowest BCUT2D eigenvalue weighted by Crippen LogP contribution is -2.52. The second-order valence-corrected chi connectivity index (χ2v) is 14.9. The van der Waals surface area contributed by atoms with Crippen molar-refractivity contribution in [1.29, 1.82) is 0 Å². The lowest BCUT2D eigenvalue weighted by atomic mass is 9.87. The van der Waals surface area contributed by atoms with E-state index < -0.39 is 52.2 Å². The van der Waals surface area contributed by atoms with Crippen LogP contribution in [-0.2, 0) is 35.4 Å². The highest BCUT2D eigenvalue weighted by molar-refractivity contribution is 7.89. The van der Waals surface area contributed by atoms with Crippen LogP contribution in [0.5, 0.6) is 11.5 Å². The van der Waals surface area contributed by atoms with Crippen molar-refractivity contribution in [3.8, 4) is 11.5 Å². The first-order valence-corrected chi connectivity index (χ1v) is 17.5. The van der Waals surface area contributed by atoms with Gasteiger partial charge in [0, 0.05) is 19.6 Å². The molecule has 2 amide bonds. The first-order valence-electron chi connectivity index (χ1n) is 16.1. The number of rotatable bonds is 15. The number of fused-ring (bicyclic) bond motifs is 2. The summed E-state index contributed by atoms with van der Waals surface area (Å²) in [7, 11) is -2.98. The highest BCUT2D eigenvalue weighted by atomic mass is 32.2. The predicted octanol–water partition coefficient (Wildman–Crippen LogP) is 3.03. The summed E-state index contributed by atoms with van der Waals surface area (Å²) in [6, 6.07) is 13.0. The van der Waals surface area contributed by atoms with Crippen LogP contribution in [0.3, 0.4) is 0 Å². The molecule has 15 heteroatoms. The molecular formula is C33H45N3O11S. The van der Waals surface area contributed by atoms with Crippen molar-refractivity contribution >= 4 is 22.2 Å². The van der Waals surface area contributed by atoms with Crippen LogP contribution in [0.1, 0.15) is 38.7 Å². The number of ether oxygens (including phenoxy) is 6. The molecule has 0 aromatic heterocycles. The van der Waals surface area contributed by atoms with E-state index in [4.69, 9.17) is 23.7 Å². The number of nitrogens with one attached hydrogen (secondary N) is 2. The summed E-state index contributed by atoms with van der Waals surface area (Å²) in [5.74, 6) is 0.340. The summed E-state index contributed by atoms with van der Waals surface area (Å²) in [5, 5.41) is 17.2. The van der Waals surface area contributed by atoms with Gasteiger partial charge in [0.2, 0.25) is 16.8 Å². The Bertz CT molecular complexity index is 1510. The Labute approximate surface area is 281 Å². The van der Waals surface area contributed by atoms with Crippen LogP contribution >= 0.6 is 0 Å². The molecule has 264 valence electrons. The molecule has 3 aliphatic rings. The molecule has 0 spiro atoms. The zero-order chi connectivity index (χ0) is 34.3. The maximum atomic E-state index is 14.4. The number of aliphatic hydroxyl groups excluding tert-OH is 1. The number of methoxy groups -OCH3 is 1. The molecule has 48 heavy (non-hydrogen) atoms. The van der Waals surface area contributed by atoms with Gasteiger partial charge >= 0.3 is 12.2 Å². The van der Waals surface area contributed by atoms with Gasteiger partial charge in [-0.15, -0.1) is 0 Å². The van der Waals surface area contributed by atoms with Crippen LogP contribution in [0.4, 0.5) is 9.59 Å². The molecule has 0 saturated carbocycles. The molecule has 5 atom stereocenters. The second kappa shape index (κ2) is 15.7. The Kier molecular flexibility index (Phi) is 11.7. The maximum Gasteiger partial charge on any atom is 0.407 e. The van der Waals surface area contributed by atoms with Crippen LogP contribution in [0.15, 0.2) is 53.4 Å². The quantitative estimate of drug-likeness (QED) is 0.235. The number of benzene rings is 2. The molecule has 14 nitrogen and oxygen atoms in total. The molecule has 3 aliphatic heterocycles. The van der Waals surface area contributed by atoms with E-state index in [0.29, 0.717) is 38.2 Å². The number of carbonyl (C=O) groups is 2. The topological polar surface area (TPSA) is 171 Å². The molecular weight excluding hydrogens is 646 g/mol. The van der Waals surface area contributed by atoms with Gasteiger partial charge in [0.05, 0.1) is 38.4 Å². The summed E-state index contributed by atoms with van der Waals surface area (Å²) in [4.78, 5) is 24.7. The van der Waals surface area contributed by atoms with E-state index in [0.717, 1.165) is 5.56 Å². The lowest BCUT2D eigenvalue weighted by molar-refractivity contribution is -0.0907. The molecule has 2 saturated heterocycles. The third-order valence-electron chi connectivity index (χ3n) is 8.77. The molecule has 2 aromatic carbocycles. The molecule has 2 aromatic rings. The van der Waals surface area contributed by atoms with Crippen molar-refractivity contribution in [2.45, 2.75) is 69.0 Å². The van der Waals surface area contributed by atoms with Crippen LogP contribution in [-0.4, -0.2) is 101 Å². The number of para-hydroxylation sites is 1. The first kappa shape index (κ1) is 35.7. The Hall–Kier alpha value is -3.63. The van der Waals surface area contributed by atoms with E-state index in [1.165, 1.54) is 17.5 Å². The van der Waals surface area contributed by atoms with Gasteiger partial charge in [0.15, 0.2) is 17.8 Å². The fourth-order valence-electron chi connectivity index (χ4n) is 6.24. The molecule has 3 heterocycles. The van der Waals surface area contributed by atoms with Crippen molar-refractivity contribution in [1.82, 2.24) is 14.9 Å². The van der Waals surface area contributed by atoms with Crippen molar-refractivity contribution < 1.29 is 51.5 Å². The van der Waals surface area contributed by atoms with E-state index in [9.17, 15) is 23.1 Å². The van der Waals surface area contributed by atoms with E-state index >= 15 is 0 Å². The van der Waals surface area contributed by atoms with Gasteiger partial charge in [-0.1, -0.05) is 50.2 Å². The number of amides is 2. The average Bonchev–Trinajstić information content (AvgIpc) is 3.82. The van der Waals surface area contributed by atoms with Gasteiger partial charge in [-0.3, -0.25) is 0 Å². The van der Waals surface area contributed by atoms with Crippen LogP contribution in [0.2, 0.25) is 0 Å². The highest BCUT2D eigenvalue weighted by Gasteiger charge is 2.44. The third kappa shape index (κ3) is 8.88. The number of aliphatic hydroxyl groups is 1. The average molecular weight is 692 g/mol. The summed E-state index contributed by atoms with van der Waals surface area (Å²) >= 11 is 0. The minimum Gasteiger partial charge on any atom is -0.454 e. The van der Waals surface area contributed by atoms with Crippen LogP contribution < -0.4 is 20.1 Å². The molecule has 0 bridgehead atoms. The number of carbonyl (C=O) groups excluding carboxylic acids is 2. The Morgan fingerprint density at radius 2 is 1.88 bits per heavy atom. The normalized spacial score (nSPS) is 21.4. The number of alkyl carbamates (subject to hydrolysis) is 2. The molecule has 0 aliphatic carbocycles. The molecule has 5 rings (SSSR count). The SMILES string of the molecule is COC(=O)NCCCC(C)(C)CN(C[C@@H](O)[C@H](Cc1ccccc1)NC(=O)O[C@H]1CO[C@H]2OCC[C@H]21)S(=O)(=O)c1cccc2c1OCO2. The summed E-state index contributed by atoms with van der Waals surface area (Å²) < 4.78 is 62.5. The Morgan fingerprint density at radius 3 is 2.65 bits per heavy atom. The van der Waals surface area contributed by atoms with E-state index in [1.807, 2.05) is 44.2 Å². The number of nitrogens with zero attached hydrogens (tertiary/aromatic N) is 1. The minimum absolute atomic E-state index is 0.0140. The number of sulfonamides is 1. The van der Waals surface area contributed by atoms with E-state index in [2.05, 4.69) is 15.4 Å². The maximum absolute atomic E-state index is 14.4. The largest absolute Gasteiger partial charge is 0.454 e. The van der Waals surface area contributed by atoms with Crippen molar-refractivity contribution in [2.24, 2.45) is 11.3 Å². The number of hydrogen-bond acceptors (Lipinski definition) is 11. The van der Waals surface area contributed by atoms with Crippen molar-refractivity contribution in [3.63, 3.8) is 0 Å². The van der Waals surface area contributed by atoms with E-state index in [1.54, 1.807) is 12.1 Å². The fourth-order valence-corrected chi connectivity index (χ4v) is 8.03. The lowest BCUT2D eigenvalue weighted by Gasteiger charge is -2.35. The smallest absolute Gasteiger partial charge is 0.407 e. The third-order valence-corrected chi connectivity index (χ3v) is 10.6. The highest BCUT2D eigenvalue weighted by Crippen LogP contribution is 2.40. The monoisotopic (exact) mass is 691 g/mol. The summed E-state index contributed by atoms with van der Waals surface area (Å²) in [5.41, 5.74) is 0.235. The van der Waals surface area contributed by atoms with Crippen LogP contribution in [0, 0.1) is 11.3 Å². The van der Waals surface area contributed by atoms with Crippen molar-refractivity contribution in [3.05, 3.63) is 54.1 Å². The summed E-state index contributed by atoms with van der Waals surface area (Å²) in [6.07, 6.45) is -1.53. The molecule has 0 radical (unpaired) electrons. The molecule has 2 fully saturated rings. The van der Waals surface area contributed by atoms with E-state index in [-0.39, 0.29) is 49.5 Å². The zero-order valence-electron chi connectivity index (χ0n) is 27.5. The van der Waals surface area contributed by atoms with Crippen molar-refractivity contribution in [2.75, 3.05) is 46.8 Å². The minimum atomic E-state index is -4.26. The molecule has 3 N–H and O–H groups in total. The first-order chi connectivity index (χ1) is 23.0. The van der Waals surface area contributed by atoms with Gasteiger partial charge in [-0.2, -0.15) is 4.31 Å². The predicted molar refractivity (Wildman–Crippen MR) is 172 cm³/mol. The fraction of sp³-hybridized carbons (Fsp3) is 0.576. The van der Waals surface area contributed by atoms with Gasteiger partial charge in [0.25, 0.3) is 0 Å². The number of hydrogen-bond donors (Lipinski definition) is 3. The standard InChI is InChI=1S/C33H45N3O11S/c1-33(2,14-8-15-34-31(38)42-3)20-36(48(40,41)28-12-7-11-26-29(28)46-21-45-26)18-25(37)24(17-22-9-5-4-6-10-22)35-32(39)47-27-19-44-30-23(27)13-16-43-30/h4-7,9-12,23-25,27,30,37H,8,13-21H2,1-3H3,(H,34,38)(H,35,39)/t23-,24-,25+,27-,30+/m0/s1. The van der Waals surface area contributed by atoms with Gasteiger partial charge in [0.1, 0.15) is 11.0 Å². The Morgan fingerprint density at radius 1 is 1.08 bits per heavy atom. The van der Waals surface area contributed by atoms with Crippen LogP contribution in [0.25, 0.3) is 0 Å². The zero-order valence-corrected chi connectivity index (χ0v) is 28.3. The Balaban J connectivity index is 1.37. The molecule has 0 unspecified atom stereocenters.